The highest BCUT2D eigenvalue weighted by Crippen LogP contribution is 2.47. The molecule has 0 radical (unpaired) electrons. The van der Waals surface area contributed by atoms with Gasteiger partial charge in [0.05, 0.1) is 12.1 Å². The van der Waals surface area contributed by atoms with Crippen LogP contribution in [0.15, 0.2) is 24.3 Å². The lowest BCUT2D eigenvalue weighted by molar-refractivity contribution is -0.137. The molecule has 2 rings (SSSR count). The first kappa shape index (κ1) is 17.3. The number of carbonyl (C=O) groups is 2. The predicted molar refractivity (Wildman–Crippen MR) is 78.6 cm³/mol. The summed E-state index contributed by atoms with van der Waals surface area (Å²) in [6, 6.07) is 4.87. The van der Waals surface area contributed by atoms with E-state index in [2.05, 4.69) is 10.6 Å². The van der Waals surface area contributed by atoms with Gasteiger partial charge >= 0.3 is 6.18 Å². The van der Waals surface area contributed by atoms with Crippen molar-refractivity contribution >= 4 is 11.8 Å². The van der Waals surface area contributed by atoms with Crippen molar-refractivity contribution in [2.75, 3.05) is 6.54 Å². The van der Waals surface area contributed by atoms with Crippen LogP contribution >= 0.6 is 0 Å². The number of benzene rings is 1. The molecule has 1 aliphatic carbocycles. The summed E-state index contributed by atoms with van der Waals surface area (Å²) < 4.78 is 37.5. The van der Waals surface area contributed by atoms with Gasteiger partial charge in [0.15, 0.2) is 0 Å². The molecule has 0 bridgehead atoms. The zero-order chi connectivity index (χ0) is 17.2. The normalized spacial score (nSPS) is 20.3. The summed E-state index contributed by atoms with van der Waals surface area (Å²) in [7, 11) is 0. The molecule has 2 unspecified atom stereocenters. The zero-order valence-electron chi connectivity index (χ0n) is 12.9. The molecule has 0 aliphatic heterocycles. The molecule has 2 amide bonds. The summed E-state index contributed by atoms with van der Waals surface area (Å²) in [6.07, 6.45) is -3.77. The monoisotopic (exact) mass is 328 g/mol. The number of rotatable bonds is 5. The first-order valence-electron chi connectivity index (χ1n) is 7.42. The first-order chi connectivity index (χ1) is 10.7. The Morgan fingerprint density at radius 2 is 1.83 bits per heavy atom. The van der Waals surface area contributed by atoms with Crippen LogP contribution in [0.2, 0.25) is 0 Å². The number of alkyl halides is 3. The second kappa shape index (κ2) is 6.60. The number of hydrogen-bond acceptors (Lipinski definition) is 2. The van der Waals surface area contributed by atoms with Crippen molar-refractivity contribution in [3.8, 4) is 0 Å². The average Bonchev–Trinajstić information content (AvgIpc) is 3.24. The molecule has 2 N–H and O–H groups in total. The molecule has 126 valence electrons. The van der Waals surface area contributed by atoms with Gasteiger partial charge in [0.1, 0.15) is 0 Å². The van der Waals surface area contributed by atoms with Crippen molar-refractivity contribution in [1.82, 2.24) is 10.6 Å². The molecule has 0 heterocycles. The fraction of sp³-hybridized carbons (Fsp3) is 0.500. The quantitative estimate of drug-likeness (QED) is 0.872. The van der Waals surface area contributed by atoms with Crippen LogP contribution in [-0.2, 0) is 15.8 Å². The van der Waals surface area contributed by atoms with Crippen molar-refractivity contribution in [3.63, 3.8) is 0 Å². The number of halogens is 3. The molecule has 23 heavy (non-hydrogen) atoms. The second-order valence-electron chi connectivity index (χ2n) is 6.01. The molecule has 0 spiro atoms. The van der Waals surface area contributed by atoms with E-state index < -0.39 is 11.7 Å². The SMILES string of the molecule is CC(C)NC(=O)CNC(=O)C1CC1c1ccc(C(F)(F)F)cc1. The van der Waals surface area contributed by atoms with Crippen LogP contribution < -0.4 is 10.6 Å². The Bertz CT molecular complexity index is 582. The number of hydrogen-bond donors (Lipinski definition) is 2. The van der Waals surface area contributed by atoms with Crippen molar-refractivity contribution < 1.29 is 22.8 Å². The Balaban J connectivity index is 1.84. The first-order valence-corrected chi connectivity index (χ1v) is 7.42. The molecule has 1 fully saturated rings. The zero-order valence-corrected chi connectivity index (χ0v) is 12.9. The third kappa shape index (κ3) is 4.71. The number of nitrogens with one attached hydrogen (secondary N) is 2. The van der Waals surface area contributed by atoms with Crippen LogP contribution in [0.3, 0.4) is 0 Å². The number of amides is 2. The van der Waals surface area contributed by atoms with Gasteiger partial charge in [0.25, 0.3) is 0 Å². The minimum atomic E-state index is -4.36. The lowest BCUT2D eigenvalue weighted by Crippen LogP contribution is -2.40. The Labute approximate surface area is 132 Å². The van der Waals surface area contributed by atoms with Crippen LogP contribution in [0.25, 0.3) is 0 Å². The molecule has 1 saturated carbocycles. The summed E-state index contributed by atoms with van der Waals surface area (Å²) in [5, 5.41) is 5.21. The molecule has 1 aromatic rings. The van der Waals surface area contributed by atoms with Crippen molar-refractivity contribution in [2.45, 2.75) is 38.4 Å². The van der Waals surface area contributed by atoms with Crippen molar-refractivity contribution in [2.24, 2.45) is 5.92 Å². The summed E-state index contributed by atoms with van der Waals surface area (Å²) in [6.45, 7) is 3.55. The van der Waals surface area contributed by atoms with E-state index in [1.54, 1.807) is 0 Å². The van der Waals surface area contributed by atoms with Crippen LogP contribution in [0, 0.1) is 5.92 Å². The maximum Gasteiger partial charge on any atom is 0.416 e. The van der Waals surface area contributed by atoms with Crippen molar-refractivity contribution in [1.29, 1.82) is 0 Å². The number of carbonyl (C=O) groups excluding carboxylic acids is 2. The third-order valence-corrected chi connectivity index (χ3v) is 3.67. The van der Waals surface area contributed by atoms with Gasteiger partial charge in [-0.15, -0.1) is 0 Å². The lowest BCUT2D eigenvalue weighted by Gasteiger charge is -2.09. The van der Waals surface area contributed by atoms with Gasteiger partial charge in [0, 0.05) is 12.0 Å². The van der Waals surface area contributed by atoms with Gasteiger partial charge in [0.2, 0.25) is 11.8 Å². The highest BCUT2D eigenvalue weighted by atomic mass is 19.4. The summed E-state index contributed by atoms with van der Waals surface area (Å²) in [5.74, 6) is -0.863. The standard InChI is InChI=1S/C16H19F3N2O2/c1-9(2)21-14(22)8-20-15(23)13-7-12(13)10-3-5-11(6-4-10)16(17,18)19/h3-6,9,12-13H,7-8H2,1-2H3,(H,20,23)(H,21,22). The van der Waals surface area contributed by atoms with E-state index >= 15 is 0 Å². The molecule has 7 heteroatoms. The largest absolute Gasteiger partial charge is 0.416 e. The average molecular weight is 328 g/mol. The molecule has 2 atom stereocenters. The van der Waals surface area contributed by atoms with Crippen LogP contribution in [-0.4, -0.2) is 24.4 Å². The molecule has 1 aliphatic rings. The van der Waals surface area contributed by atoms with Crippen LogP contribution in [0.4, 0.5) is 13.2 Å². The molecule has 0 saturated heterocycles. The van der Waals surface area contributed by atoms with Gasteiger partial charge in [-0.2, -0.15) is 13.2 Å². The maximum absolute atomic E-state index is 12.5. The van der Waals surface area contributed by atoms with Gasteiger partial charge in [-0.1, -0.05) is 12.1 Å². The van der Waals surface area contributed by atoms with Crippen LogP contribution in [0.1, 0.15) is 37.3 Å². The van der Waals surface area contributed by atoms with Gasteiger partial charge in [-0.25, -0.2) is 0 Å². The van der Waals surface area contributed by atoms with E-state index in [4.69, 9.17) is 0 Å². The molecular formula is C16H19F3N2O2. The molecule has 4 nitrogen and oxygen atoms in total. The third-order valence-electron chi connectivity index (χ3n) is 3.67. The minimum absolute atomic E-state index is 0.000206. The summed E-state index contributed by atoms with van der Waals surface area (Å²) in [5.41, 5.74) is 0.0121. The van der Waals surface area contributed by atoms with E-state index in [-0.39, 0.29) is 36.2 Å². The van der Waals surface area contributed by atoms with E-state index in [1.165, 1.54) is 12.1 Å². The second-order valence-corrected chi connectivity index (χ2v) is 6.01. The van der Waals surface area contributed by atoms with Gasteiger partial charge in [-0.05, 0) is 43.9 Å². The lowest BCUT2D eigenvalue weighted by atomic mass is 10.1. The Morgan fingerprint density at radius 3 is 2.35 bits per heavy atom. The highest BCUT2D eigenvalue weighted by Gasteiger charge is 2.44. The predicted octanol–water partition coefficient (Wildman–Crippen LogP) is 2.45. The Morgan fingerprint density at radius 1 is 1.22 bits per heavy atom. The van der Waals surface area contributed by atoms with E-state index in [1.807, 2.05) is 13.8 Å². The van der Waals surface area contributed by atoms with E-state index in [0.717, 1.165) is 12.1 Å². The Kier molecular flexibility index (Phi) is 4.97. The topological polar surface area (TPSA) is 58.2 Å². The van der Waals surface area contributed by atoms with E-state index in [9.17, 15) is 22.8 Å². The maximum atomic E-state index is 12.5. The smallest absolute Gasteiger partial charge is 0.352 e. The minimum Gasteiger partial charge on any atom is -0.352 e. The van der Waals surface area contributed by atoms with Crippen molar-refractivity contribution in [3.05, 3.63) is 35.4 Å². The highest BCUT2D eigenvalue weighted by molar-refractivity contribution is 5.88. The molecular weight excluding hydrogens is 309 g/mol. The van der Waals surface area contributed by atoms with Crippen LogP contribution in [0.5, 0.6) is 0 Å². The summed E-state index contributed by atoms with van der Waals surface area (Å²) in [4.78, 5) is 23.4. The summed E-state index contributed by atoms with van der Waals surface area (Å²) >= 11 is 0. The fourth-order valence-electron chi connectivity index (χ4n) is 2.44. The van der Waals surface area contributed by atoms with Gasteiger partial charge in [-0.3, -0.25) is 9.59 Å². The molecule has 1 aromatic carbocycles. The fourth-order valence-corrected chi connectivity index (χ4v) is 2.44. The van der Waals surface area contributed by atoms with Gasteiger partial charge < -0.3 is 10.6 Å². The van der Waals surface area contributed by atoms with E-state index in [0.29, 0.717) is 12.0 Å². The molecule has 0 aromatic heterocycles. The Hall–Kier alpha value is -2.05.